The van der Waals surface area contributed by atoms with E-state index in [1.165, 1.54) is 22.3 Å². The van der Waals surface area contributed by atoms with Crippen molar-refractivity contribution in [2.24, 2.45) is 0 Å². The molecule has 0 heterocycles. The van der Waals surface area contributed by atoms with Gasteiger partial charge in [0.05, 0.1) is 12.1 Å². The van der Waals surface area contributed by atoms with Crippen LogP contribution >= 0.6 is 0 Å². The molecule has 0 spiro atoms. The minimum Gasteiger partial charge on any atom is -0.287 e. The molecule has 2 heteroatoms. The number of nitriles is 1. The van der Waals surface area contributed by atoms with Crippen LogP contribution in [0.25, 0.3) is 0 Å². The maximum absolute atomic E-state index is 9.76. The molecule has 0 amide bonds. The molecule has 0 bridgehead atoms. The molecule has 3 aromatic carbocycles. The quantitative estimate of drug-likeness (QED) is 0.756. The molecule has 0 aliphatic heterocycles. The van der Waals surface area contributed by atoms with E-state index in [4.69, 9.17) is 0 Å². The van der Waals surface area contributed by atoms with E-state index in [0.717, 1.165) is 18.4 Å². The maximum Gasteiger partial charge on any atom is 0.122 e. The third-order valence-electron chi connectivity index (χ3n) is 4.99. The van der Waals surface area contributed by atoms with Gasteiger partial charge in [0.25, 0.3) is 0 Å². The van der Waals surface area contributed by atoms with Crippen LogP contribution in [0, 0.1) is 11.3 Å². The number of aryl methyl sites for hydroxylation is 2. The molecule has 122 valence electrons. The molecule has 0 fully saturated rings. The summed E-state index contributed by atoms with van der Waals surface area (Å²) < 4.78 is 0. The largest absolute Gasteiger partial charge is 0.287 e. The first-order chi connectivity index (χ1) is 12.4. The van der Waals surface area contributed by atoms with Crippen molar-refractivity contribution in [2.45, 2.75) is 24.9 Å². The van der Waals surface area contributed by atoms with E-state index in [-0.39, 0.29) is 12.1 Å². The Morgan fingerprint density at radius 2 is 1.28 bits per heavy atom. The van der Waals surface area contributed by atoms with Crippen molar-refractivity contribution in [2.75, 3.05) is 0 Å². The van der Waals surface area contributed by atoms with Crippen LogP contribution < -0.4 is 5.32 Å². The molecule has 1 atom stereocenters. The lowest BCUT2D eigenvalue weighted by Crippen LogP contribution is -2.27. The van der Waals surface area contributed by atoms with E-state index in [2.05, 4.69) is 59.9 Å². The fourth-order valence-corrected chi connectivity index (χ4v) is 3.72. The van der Waals surface area contributed by atoms with Crippen LogP contribution in [0.5, 0.6) is 0 Å². The minimum atomic E-state index is -0.342. The molecule has 1 N–H and O–H groups in total. The lowest BCUT2D eigenvalue weighted by Gasteiger charge is -2.25. The molecule has 1 aliphatic rings. The standard InChI is InChI=1S/C23H20N2/c24-16-22(19-10-2-1-3-11-19)25-23-20-12-6-4-8-17(20)14-15-18-9-5-7-13-21(18)23/h1-13,22-23,25H,14-15H2/t22-/m0/s1. The first-order valence-electron chi connectivity index (χ1n) is 8.73. The summed E-state index contributed by atoms with van der Waals surface area (Å²) in [7, 11) is 0. The number of nitrogens with zero attached hydrogens (tertiary/aromatic N) is 1. The monoisotopic (exact) mass is 324 g/mol. The molecule has 25 heavy (non-hydrogen) atoms. The van der Waals surface area contributed by atoms with E-state index in [1.54, 1.807) is 0 Å². The van der Waals surface area contributed by atoms with Gasteiger partial charge in [-0.1, -0.05) is 78.9 Å². The highest BCUT2D eigenvalue weighted by atomic mass is 15.0. The number of rotatable bonds is 3. The van der Waals surface area contributed by atoms with Crippen LogP contribution in [-0.4, -0.2) is 0 Å². The lowest BCUT2D eigenvalue weighted by molar-refractivity contribution is 0.557. The van der Waals surface area contributed by atoms with Crippen molar-refractivity contribution in [3.8, 4) is 6.07 Å². The molecular formula is C23H20N2. The molecule has 1 aliphatic carbocycles. The Morgan fingerprint density at radius 1 is 0.760 bits per heavy atom. The second kappa shape index (κ2) is 6.93. The number of hydrogen-bond acceptors (Lipinski definition) is 2. The first-order valence-corrected chi connectivity index (χ1v) is 8.73. The van der Waals surface area contributed by atoms with Crippen molar-refractivity contribution >= 4 is 0 Å². The molecule has 0 aromatic heterocycles. The van der Waals surface area contributed by atoms with Crippen LogP contribution in [0.3, 0.4) is 0 Å². The summed E-state index contributed by atoms with van der Waals surface area (Å²) in [6.45, 7) is 0. The molecule has 0 saturated carbocycles. The molecule has 3 aromatic rings. The summed E-state index contributed by atoms with van der Waals surface area (Å²) in [6, 6.07) is 29.3. The SMILES string of the molecule is N#C[C@H](NC1c2ccccc2CCc2ccccc21)c1ccccc1. The average Bonchev–Trinajstić information content (AvgIpc) is 2.84. The Bertz CT molecular complexity index is 861. The highest BCUT2D eigenvalue weighted by Gasteiger charge is 2.25. The van der Waals surface area contributed by atoms with Gasteiger partial charge in [0.2, 0.25) is 0 Å². The molecule has 0 unspecified atom stereocenters. The van der Waals surface area contributed by atoms with Crippen molar-refractivity contribution in [1.29, 1.82) is 5.26 Å². The van der Waals surface area contributed by atoms with E-state index in [9.17, 15) is 5.26 Å². The highest BCUT2D eigenvalue weighted by molar-refractivity contribution is 5.45. The fraction of sp³-hybridized carbons (Fsp3) is 0.174. The maximum atomic E-state index is 9.76. The molecule has 2 nitrogen and oxygen atoms in total. The van der Waals surface area contributed by atoms with Crippen LogP contribution in [0.4, 0.5) is 0 Å². The molecule has 0 saturated heterocycles. The topological polar surface area (TPSA) is 35.8 Å². The predicted molar refractivity (Wildman–Crippen MR) is 100 cm³/mol. The zero-order chi connectivity index (χ0) is 17.1. The minimum absolute atomic E-state index is 0.0276. The highest BCUT2D eigenvalue weighted by Crippen LogP contribution is 2.34. The average molecular weight is 324 g/mol. The Morgan fingerprint density at radius 3 is 1.84 bits per heavy atom. The van der Waals surface area contributed by atoms with Gasteiger partial charge in [0, 0.05) is 0 Å². The molecular weight excluding hydrogens is 304 g/mol. The first kappa shape index (κ1) is 15.6. The Labute approximate surface area is 148 Å². The summed E-state index contributed by atoms with van der Waals surface area (Å²) in [6.07, 6.45) is 2.07. The predicted octanol–water partition coefficient (Wildman–Crippen LogP) is 4.73. The second-order valence-electron chi connectivity index (χ2n) is 6.47. The second-order valence-corrected chi connectivity index (χ2v) is 6.47. The summed E-state index contributed by atoms with van der Waals surface area (Å²) in [4.78, 5) is 0. The third-order valence-corrected chi connectivity index (χ3v) is 4.99. The van der Waals surface area contributed by atoms with Crippen molar-refractivity contribution < 1.29 is 0 Å². The van der Waals surface area contributed by atoms with Crippen LogP contribution in [0.1, 0.15) is 39.9 Å². The van der Waals surface area contributed by atoms with E-state index < -0.39 is 0 Å². The van der Waals surface area contributed by atoms with Crippen LogP contribution in [0.15, 0.2) is 78.9 Å². The van der Waals surface area contributed by atoms with Crippen molar-refractivity contribution in [3.05, 3.63) is 107 Å². The normalized spacial score (nSPS) is 14.7. The van der Waals surface area contributed by atoms with Gasteiger partial charge in [0.15, 0.2) is 0 Å². The van der Waals surface area contributed by atoms with Crippen molar-refractivity contribution in [3.63, 3.8) is 0 Å². The lowest BCUT2D eigenvalue weighted by atomic mass is 9.93. The zero-order valence-corrected chi connectivity index (χ0v) is 14.0. The van der Waals surface area contributed by atoms with Gasteiger partial charge >= 0.3 is 0 Å². The van der Waals surface area contributed by atoms with E-state index >= 15 is 0 Å². The summed E-state index contributed by atoms with van der Waals surface area (Å²) >= 11 is 0. The van der Waals surface area contributed by atoms with Crippen molar-refractivity contribution in [1.82, 2.24) is 5.32 Å². The number of benzene rings is 3. The third kappa shape index (κ3) is 3.07. The molecule has 0 radical (unpaired) electrons. The van der Waals surface area contributed by atoms with Gasteiger partial charge in [0.1, 0.15) is 6.04 Å². The van der Waals surface area contributed by atoms with Crippen LogP contribution in [-0.2, 0) is 12.8 Å². The van der Waals surface area contributed by atoms with Gasteiger partial charge in [-0.15, -0.1) is 0 Å². The summed E-state index contributed by atoms with van der Waals surface area (Å²) in [5, 5.41) is 13.4. The number of fused-ring (bicyclic) bond motifs is 2. The Hall–Kier alpha value is -2.89. The van der Waals surface area contributed by atoms with E-state index in [0.29, 0.717) is 0 Å². The number of hydrogen-bond donors (Lipinski definition) is 1. The Balaban J connectivity index is 1.79. The van der Waals surface area contributed by atoms with E-state index in [1.807, 2.05) is 30.3 Å². The van der Waals surface area contributed by atoms with Gasteiger partial charge in [-0.25, -0.2) is 0 Å². The smallest absolute Gasteiger partial charge is 0.122 e. The molecule has 4 rings (SSSR count). The Kier molecular flexibility index (Phi) is 4.33. The van der Waals surface area contributed by atoms with Crippen LogP contribution in [0.2, 0.25) is 0 Å². The fourth-order valence-electron chi connectivity index (χ4n) is 3.72. The zero-order valence-electron chi connectivity index (χ0n) is 14.0. The van der Waals surface area contributed by atoms with Gasteiger partial charge in [-0.3, -0.25) is 5.32 Å². The number of nitrogens with one attached hydrogen (secondary N) is 1. The van der Waals surface area contributed by atoms with Gasteiger partial charge in [-0.2, -0.15) is 5.26 Å². The van der Waals surface area contributed by atoms with Gasteiger partial charge < -0.3 is 0 Å². The summed E-state index contributed by atoms with van der Waals surface area (Å²) in [5.74, 6) is 0. The summed E-state index contributed by atoms with van der Waals surface area (Å²) in [5.41, 5.74) is 6.29. The van der Waals surface area contributed by atoms with Gasteiger partial charge in [-0.05, 0) is 40.7 Å².